The van der Waals surface area contributed by atoms with Gasteiger partial charge < -0.3 is 0 Å². The second-order valence-corrected chi connectivity index (χ2v) is 4.58. The minimum Gasteiger partial charge on any atom is -0.0648 e. The van der Waals surface area contributed by atoms with Gasteiger partial charge in [-0.15, -0.1) is 0 Å². The van der Waals surface area contributed by atoms with Crippen LogP contribution in [0.5, 0.6) is 0 Å². The highest BCUT2D eigenvalue weighted by atomic mass is 14.1. The van der Waals surface area contributed by atoms with Gasteiger partial charge in [0, 0.05) is 0 Å². The molecule has 0 N–H and O–H groups in total. The van der Waals surface area contributed by atoms with E-state index in [1.54, 1.807) is 0 Å². The highest BCUT2D eigenvalue weighted by Gasteiger charge is 2.07. The van der Waals surface area contributed by atoms with Crippen molar-refractivity contribution in [3.05, 3.63) is 34.9 Å². The predicted octanol–water partition coefficient (Wildman–Crippen LogP) is 4.63. The van der Waals surface area contributed by atoms with E-state index in [0.29, 0.717) is 11.8 Å². The first-order valence-electron chi connectivity index (χ1n) is 5.66. The third kappa shape index (κ3) is 2.37. The molecular formula is C14H22. The lowest BCUT2D eigenvalue weighted by atomic mass is 9.91. The van der Waals surface area contributed by atoms with Crippen LogP contribution in [0.1, 0.15) is 62.6 Å². The quantitative estimate of drug-likeness (QED) is 0.651. The highest BCUT2D eigenvalue weighted by molar-refractivity contribution is 5.34. The van der Waals surface area contributed by atoms with Crippen molar-refractivity contribution in [3.8, 4) is 0 Å². The van der Waals surface area contributed by atoms with Gasteiger partial charge in [0.25, 0.3) is 0 Å². The summed E-state index contributed by atoms with van der Waals surface area (Å²) in [5.74, 6) is 1.33. The van der Waals surface area contributed by atoms with E-state index >= 15 is 0 Å². The van der Waals surface area contributed by atoms with Crippen molar-refractivity contribution in [2.24, 2.45) is 0 Å². The van der Waals surface area contributed by atoms with Crippen LogP contribution >= 0.6 is 0 Å². The zero-order valence-electron chi connectivity index (χ0n) is 10.1. The minimum atomic E-state index is 0.640. The summed E-state index contributed by atoms with van der Waals surface area (Å²) in [5, 5.41) is 0. The predicted molar refractivity (Wildman–Crippen MR) is 64.0 cm³/mol. The maximum atomic E-state index is 2.35. The zero-order valence-corrected chi connectivity index (χ0v) is 10.1. The van der Waals surface area contributed by atoms with E-state index in [4.69, 9.17) is 0 Å². The summed E-state index contributed by atoms with van der Waals surface area (Å²) in [6.45, 7) is 11.3. The number of aryl methyl sites for hydroxylation is 1. The van der Waals surface area contributed by atoms with Gasteiger partial charge in [0.1, 0.15) is 0 Å². The summed E-state index contributed by atoms with van der Waals surface area (Å²) < 4.78 is 0. The van der Waals surface area contributed by atoms with Gasteiger partial charge >= 0.3 is 0 Å². The van der Waals surface area contributed by atoms with Crippen molar-refractivity contribution >= 4 is 0 Å². The lowest BCUT2D eigenvalue weighted by Crippen LogP contribution is -1.96. The molecule has 0 amide bonds. The molecule has 0 aliphatic carbocycles. The molecule has 1 atom stereocenters. The average Bonchev–Trinajstić information content (AvgIpc) is 2.15. The number of hydrogen-bond donors (Lipinski definition) is 0. The van der Waals surface area contributed by atoms with Crippen molar-refractivity contribution in [1.82, 2.24) is 0 Å². The van der Waals surface area contributed by atoms with Gasteiger partial charge in [-0.3, -0.25) is 0 Å². The maximum Gasteiger partial charge on any atom is -0.0193 e. The molecule has 0 heterocycles. The summed E-state index contributed by atoms with van der Waals surface area (Å²) in [6.07, 6.45) is 1.22. The van der Waals surface area contributed by atoms with Crippen LogP contribution in [-0.4, -0.2) is 0 Å². The number of hydrogen-bond acceptors (Lipinski definition) is 0. The largest absolute Gasteiger partial charge is 0.0648 e. The van der Waals surface area contributed by atoms with Crippen LogP contribution in [0, 0.1) is 6.92 Å². The van der Waals surface area contributed by atoms with E-state index in [2.05, 4.69) is 52.8 Å². The van der Waals surface area contributed by atoms with Gasteiger partial charge in [-0.25, -0.2) is 0 Å². The normalized spacial score (nSPS) is 13.3. The summed E-state index contributed by atoms with van der Waals surface area (Å²) in [6, 6.07) is 6.93. The van der Waals surface area contributed by atoms with Gasteiger partial charge in [0.2, 0.25) is 0 Å². The first-order valence-corrected chi connectivity index (χ1v) is 5.66. The highest BCUT2D eigenvalue weighted by Crippen LogP contribution is 2.25. The van der Waals surface area contributed by atoms with Gasteiger partial charge in [-0.2, -0.15) is 0 Å². The maximum absolute atomic E-state index is 2.35. The Morgan fingerprint density at radius 3 is 2.21 bits per heavy atom. The molecule has 0 fully saturated rings. The lowest BCUT2D eigenvalue weighted by molar-refractivity contribution is 0.730. The Morgan fingerprint density at radius 1 is 1.14 bits per heavy atom. The van der Waals surface area contributed by atoms with Crippen LogP contribution in [0.3, 0.4) is 0 Å². The van der Waals surface area contributed by atoms with Crippen molar-refractivity contribution in [3.63, 3.8) is 0 Å². The molecule has 1 rings (SSSR count). The third-order valence-corrected chi connectivity index (χ3v) is 3.10. The van der Waals surface area contributed by atoms with Crippen LogP contribution in [-0.2, 0) is 0 Å². The Kier molecular flexibility index (Phi) is 3.74. The van der Waals surface area contributed by atoms with E-state index in [9.17, 15) is 0 Å². The van der Waals surface area contributed by atoms with Crippen molar-refractivity contribution in [1.29, 1.82) is 0 Å². The SMILES string of the molecule is CCC(C)c1ccc(C(C)C)c(C)c1. The summed E-state index contributed by atoms with van der Waals surface area (Å²) >= 11 is 0. The molecule has 0 radical (unpaired) electrons. The van der Waals surface area contributed by atoms with Crippen molar-refractivity contribution in [2.45, 2.75) is 52.9 Å². The van der Waals surface area contributed by atoms with Crippen LogP contribution in [0.2, 0.25) is 0 Å². The molecule has 0 aromatic heterocycles. The first kappa shape index (κ1) is 11.3. The van der Waals surface area contributed by atoms with Crippen LogP contribution in [0.15, 0.2) is 18.2 Å². The smallest absolute Gasteiger partial charge is 0.0193 e. The molecule has 1 aromatic carbocycles. The standard InChI is InChI=1S/C14H22/c1-6-11(4)13-7-8-14(10(2)3)12(5)9-13/h7-11H,6H2,1-5H3. The molecule has 1 unspecified atom stereocenters. The molecule has 0 nitrogen and oxygen atoms in total. The Hall–Kier alpha value is -0.780. The fourth-order valence-electron chi connectivity index (χ4n) is 1.89. The monoisotopic (exact) mass is 190 g/mol. The number of rotatable bonds is 3. The van der Waals surface area contributed by atoms with Crippen LogP contribution in [0.4, 0.5) is 0 Å². The summed E-state index contributed by atoms with van der Waals surface area (Å²) in [4.78, 5) is 0. The molecular weight excluding hydrogens is 168 g/mol. The fraction of sp³-hybridized carbons (Fsp3) is 0.571. The molecule has 0 saturated heterocycles. The molecule has 0 aliphatic rings. The summed E-state index contributed by atoms with van der Waals surface area (Å²) in [7, 11) is 0. The van der Waals surface area contributed by atoms with Gasteiger partial charge in [-0.05, 0) is 41.9 Å². The zero-order chi connectivity index (χ0) is 10.7. The van der Waals surface area contributed by atoms with E-state index in [0.717, 1.165) is 0 Å². The van der Waals surface area contributed by atoms with Gasteiger partial charge in [0.05, 0.1) is 0 Å². The van der Waals surface area contributed by atoms with Crippen molar-refractivity contribution < 1.29 is 0 Å². The van der Waals surface area contributed by atoms with E-state index in [1.165, 1.54) is 23.1 Å². The minimum absolute atomic E-state index is 0.640. The summed E-state index contributed by atoms with van der Waals surface area (Å²) in [5.41, 5.74) is 4.41. The van der Waals surface area contributed by atoms with Crippen LogP contribution < -0.4 is 0 Å². The molecule has 1 aromatic rings. The Balaban J connectivity index is 3.00. The van der Waals surface area contributed by atoms with Gasteiger partial charge in [-0.1, -0.05) is 45.9 Å². The molecule has 14 heavy (non-hydrogen) atoms. The second-order valence-electron chi connectivity index (χ2n) is 4.58. The van der Waals surface area contributed by atoms with E-state index in [-0.39, 0.29) is 0 Å². The van der Waals surface area contributed by atoms with Gasteiger partial charge in [0.15, 0.2) is 0 Å². The topological polar surface area (TPSA) is 0 Å². The molecule has 78 valence electrons. The average molecular weight is 190 g/mol. The third-order valence-electron chi connectivity index (χ3n) is 3.10. The van der Waals surface area contributed by atoms with E-state index < -0.39 is 0 Å². The Bertz CT molecular complexity index is 297. The second kappa shape index (κ2) is 4.63. The Morgan fingerprint density at radius 2 is 1.79 bits per heavy atom. The van der Waals surface area contributed by atoms with E-state index in [1.807, 2.05) is 0 Å². The molecule has 0 bridgehead atoms. The Labute approximate surface area is 88.4 Å². The molecule has 0 saturated carbocycles. The molecule has 0 spiro atoms. The molecule has 0 aliphatic heterocycles. The lowest BCUT2D eigenvalue weighted by Gasteiger charge is -2.14. The first-order chi connectivity index (χ1) is 6.56. The van der Waals surface area contributed by atoms with Crippen LogP contribution in [0.25, 0.3) is 0 Å². The number of benzene rings is 1. The fourth-order valence-corrected chi connectivity index (χ4v) is 1.89. The van der Waals surface area contributed by atoms with Crippen molar-refractivity contribution in [2.75, 3.05) is 0 Å². The molecule has 0 heteroatoms.